The first-order valence-corrected chi connectivity index (χ1v) is 7.62. The summed E-state index contributed by atoms with van der Waals surface area (Å²) in [7, 11) is 3.40. The summed E-state index contributed by atoms with van der Waals surface area (Å²) in [5.74, 6) is 1.65. The first kappa shape index (κ1) is 22.0. The zero-order chi connectivity index (χ0) is 16.6. The van der Waals surface area contributed by atoms with Crippen LogP contribution in [0.1, 0.15) is 31.9 Å². The van der Waals surface area contributed by atoms with Gasteiger partial charge >= 0.3 is 0 Å². The summed E-state index contributed by atoms with van der Waals surface area (Å²) in [6.45, 7) is 10.2. The minimum absolute atomic E-state index is 0. The van der Waals surface area contributed by atoms with E-state index in [4.69, 9.17) is 9.47 Å². The van der Waals surface area contributed by atoms with Crippen molar-refractivity contribution in [3.8, 4) is 5.75 Å². The van der Waals surface area contributed by atoms with E-state index in [1.165, 1.54) is 5.56 Å². The van der Waals surface area contributed by atoms with Gasteiger partial charge in [-0.3, -0.25) is 0 Å². The summed E-state index contributed by atoms with van der Waals surface area (Å²) in [5, 5.41) is 6.54. The van der Waals surface area contributed by atoms with Crippen molar-refractivity contribution < 1.29 is 9.47 Å². The Morgan fingerprint density at radius 1 is 1.22 bits per heavy atom. The van der Waals surface area contributed by atoms with Gasteiger partial charge in [0.2, 0.25) is 0 Å². The van der Waals surface area contributed by atoms with Gasteiger partial charge < -0.3 is 20.1 Å². The van der Waals surface area contributed by atoms with Crippen LogP contribution in [0.25, 0.3) is 0 Å². The van der Waals surface area contributed by atoms with Crippen molar-refractivity contribution in [1.29, 1.82) is 0 Å². The molecule has 0 spiro atoms. The lowest BCUT2D eigenvalue weighted by molar-refractivity contribution is 0.0268. The molecule has 0 amide bonds. The number of ether oxygens (including phenoxy) is 2. The van der Waals surface area contributed by atoms with E-state index in [2.05, 4.69) is 27.8 Å². The molecule has 2 N–H and O–H groups in total. The second kappa shape index (κ2) is 10.7. The van der Waals surface area contributed by atoms with Crippen LogP contribution < -0.4 is 15.4 Å². The second-order valence-corrected chi connectivity index (χ2v) is 5.83. The van der Waals surface area contributed by atoms with Gasteiger partial charge in [-0.15, -0.1) is 24.0 Å². The number of hydrogen-bond donors (Lipinski definition) is 2. The predicted molar refractivity (Wildman–Crippen MR) is 107 cm³/mol. The van der Waals surface area contributed by atoms with Gasteiger partial charge in [-0.25, -0.2) is 4.99 Å². The number of guanidine groups is 1. The van der Waals surface area contributed by atoms with Crippen molar-refractivity contribution in [1.82, 2.24) is 10.6 Å². The maximum atomic E-state index is 5.42. The molecule has 0 bridgehead atoms. The Morgan fingerprint density at radius 3 is 2.48 bits per heavy atom. The van der Waals surface area contributed by atoms with Crippen LogP contribution in [0.15, 0.2) is 23.2 Å². The Bertz CT molecular complexity index is 505. The molecule has 132 valence electrons. The molecular weight excluding hydrogens is 405 g/mol. The van der Waals surface area contributed by atoms with Crippen molar-refractivity contribution in [2.45, 2.75) is 39.8 Å². The van der Waals surface area contributed by atoms with Crippen molar-refractivity contribution in [3.05, 3.63) is 29.3 Å². The average molecular weight is 435 g/mol. The van der Waals surface area contributed by atoms with Crippen LogP contribution in [0.5, 0.6) is 5.75 Å². The Kier molecular flexibility index (Phi) is 10.2. The van der Waals surface area contributed by atoms with Gasteiger partial charge in [0.1, 0.15) is 5.75 Å². The molecule has 1 rings (SSSR count). The van der Waals surface area contributed by atoms with Crippen LogP contribution in [-0.4, -0.2) is 38.9 Å². The molecule has 0 aliphatic rings. The first-order valence-electron chi connectivity index (χ1n) is 7.62. The van der Waals surface area contributed by atoms with E-state index >= 15 is 0 Å². The summed E-state index contributed by atoms with van der Waals surface area (Å²) in [5.41, 5.74) is 2.00. The van der Waals surface area contributed by atoms with Crippen molar-refractivity contribution in [2.75, 3.05) is 27.3 Å². The molecular formula is C17H30IN3O2. The molecule has 0 saturated carbocycles. The normalized spacial score (nSPS) is 11.7. The number of aliphatic imine (C=N–C) groups is 1. The summed E-state index contributed by atoms with van der Waals surface area (Å²) < 4.78 is 10.8. The molecule has 0 aromatic heterocycles. The summed E-state index contributed by atoms with van der Waals surface area (Å²) in [6.07, 6.45) is 0. The predicted octanol–water partition coefficient (Wildman–Crippen LogP) is 3.10. The standard InChI is InChI=1S/C17H29N3O2.HI/c1-7-18-16(20-12-17(3,4)22-6)19-11-14-9-8-13(2)10-15(14)21-5;/h8-10H,7,11-12H2,1-6H3,(H2,18,19,20);1H. The van der Waals surface area contributed by atoms with E-state index in [-0.39, 0.29) is 29.6 Å². The number of nitrogens with one attached hydrogen (secondary N) is 2. The highest BCUT2D eigenvalue weighted by atomic mass is 127. The largest absolute Gasteiger partial charge is 0.496 e. The third-order valence-electron chi connectivity index (χ3n) is 3.43. The number of nitrogens with zero attached hydrogens (tertiary/aromatic N) is 1. The van der Waals surface area contributed by atoms with Crippen LogP contribution in [-0.2, 0) is 11.3 Å². The van der Waals surface area contributed by atoms with Crippen LogP contribution in [0.4, 0.5) is 0 Å². The Morgan fingerprint density at radius 2 is 1.91 bits per heavy atom. The van der Waals surface area contributed by atoms with Gasteiger partial charge in [-0.2, -0.15) is 0 Å². The highest BCUT2D eigenvalue weighted by molar-refractivity contribution is 14.0. The van der Waals surface area contributed by atoms with Gasteiger partial charge in [0.25, 0.3) is 0 Å². The zero-order valence-corrected chi connectivity index (χ0v) is 17.4. The summed E-state index contributed by atoms with van der Waals surface area (Å²) >= 11 is 0. The molecule has 23 heavy (non-hydrogen) atoms. The maximum absolute atomic E-state index is 5.42. The lowest BCUT2D eigenvalue weighted by Crippen LogP contribution is -2.45. The molecule has 6 heteroatoms. The molecule has 1 aromatic carbocycles. The van der Waals surface area contributed by atoms with E-state index in [0.717, 1.165) is 23.8 Å². The topological polar surface area (TPSA) is 54.9 Å². The number of aryl methyl sites for hydroxylation is 1. The van der Waals surface area contributed by atoms with Crippen molar-refractivity contribution >= 4 is 29.9 Å². The quantitative estimate of drug-likeness (QED) is 0.393. The lowest BCUT2D eigenvalue weighted by atomic mass is 10.1. The van der Waals surface area contributed by atoms with Crippen LogP contribution in [0.2, 0.25) is 0 Å². The fraction of sp³-hybridized carbons (Fsp3) is 0.588. The number of hydrogen-bond acceptors (Lipinski definition) is 3. The van der Waals surface area contributed by atoms with Gasteiger partial charge in [-0.05, 0) is 39.3 Å². The zero-order valence-electron chi connectivity index (χ0n) is 15.0. The Balaban J connectivity index is 0.00000484. The molecule has 0 heterocycles. The van der Waals surface area contributed by atoms with E-state index in [1.807, 2.05) is 33.8 Å². The van der Waals surface area contributed by atoms with E-state index < -0.39 is 0 Å². The SMILES string of the molecule is CCNC(=NCc1ccc(C)cc1OC)NCC(C)(C)OC.I. The molecule has 0 saturated heterocycles. The number of rotatable bonds is 7. The molecule has 5 nitrogen and oxygen atoms in total. The van der Waals surface area contributed by atoms with Crippen LogP contribution in [0, 0.1) is 6.92 Å². The molecule has 0 radical (unpaired) electrons. The summed E-state index contributed by atoms with van der Waals surface area (Å²) in [6, 6.07) is 6.15. The third kappa shape index (κ3) is 7.87. The Hall–Kier alpha value is -1.02. The van der Waals surface area contributed by atoms with Gasteiger partial charge in [-0.1, -0.05) is 12.1 Å². The fourth-order valence-electron chi connectivity index (χ4n) is 1.86. The van der Waals surface area contributed by atoms with Gasteiger partial charge in [0.05, 0.1) is 19.3 Å². The number of benzene rings is 1. The minimum Gasteiger partial charge on any atom is -0.496 e. The second-order valence-electron chi connectivity index (χ2n) is 5.83. The summed E-state index contributed by atoms with van der Waals surface area (Å²) in [4.78, 5) is 4.62. The fourth-order valence-corrected chi connectivity index (χ4v) is 1.86. The molecule has 1 aromatic rings. The van der Waals surface area contributed by atoms with E-state index in [9.17, 15) is 0 Å². The van der Waals surface area contributed by atoms with Gasteiger partial charge in [0, 0.05) is 25.8 Å². The molecule has 0 aliphatic carbocycles. The minimum atomic E-state index is -0.238. The number of methoxy groups -OCH3 is 2. The van der Waals surface area contributed by atoms with E-state index in [1.54, 1.807) is 14.2 Å². The van der Waals surface area contributed by atoms with E-state index in [0.29, 0.717) is 13.1 Å². The van der Waals surface area contributed by atoms with Crippen LogP contribution in [0.3, 0.4) is 0 Å². The Labute approximate surface area is 157 Å². The lowest BCUT2D eigenvalue weighted by Gasteiger charge is -2.24. The molecule has 0 aliphatic heterocycles. The maximum Gasteiger partial charge on any atom is 0.191 e. The highest BCUT2D eigenvalue weighted by Crippen LogP contribution is 2.20. The third-order valence-corrected chi connectivity index (χ3v) is 3.43. The highest BCUT2D eigenvalue weighted by Gasteiger charge is 2.16. The van der Waals surface area contributed by atoms with Gasteiger partial charge in [0.15, 0.2) is 5.96 Å². The molecule has 0 atom stereocenters. The number of halogens is 1. The molecule has 0 unspecified atom stereocenters. The van der Waals surface area contributed by atoms with Crippen molar-refractivity contribution in [2.24, 2.45) is 4.99 Å². The molecule has 0 fully saturated rings. The average Bonchev–Trinajstić information content (AvgIpc) is 2.50. The van der Waals surface area contributed by atoms with Crippen LogP contribution >= 0.6 is 24.0 Å². The first-order chi connectivity index (χ1) is 10.4. The van der Waals surface area contributed by atoms with Crippen molar-refractivity contribution in [3.63, 3.8) is 0 Å². The smallest absolute Gasteiger partial charge is 0.191 e. The monoisotopic (exact) mass is 435 g/mol.